The lowest BCUT2D eigenvalue weighted by atomic mass is 10.2. The number of nitrogens with zero attached hydrogens (tertiary/aromatic N) is 1. The summed E-state index contributed by atoms with van der Waals surface area (Å²) in [5, 5.41) is 0. The highest BCUT2D eigenvalue weighted by Gasteiger charge is 2.23. The van der Waals surface area contributed by atoms with Crippen LogP contribution in [0.2, 0.25) is 0 Å². The molecular formula is C16H29NO5. The number of ether oxygens (including phenoxy) is 4. The summed E-state index contributed by atoms with van der Waals surface area (Å²) in [6.45, 7) is 7.39. The lowest BCUT2D eigenvalue weighted by Crippen LogP contribution is -2.37. The molecule has 0 aromatic carbocycles. The minimum atomic E-state index is 0.200. The van der Waals surface area contributed by atoms with Crippen LogP contribution in [0.25, 0.3) is 0 Å². The third-order valence-electron chi connectivity index (χ3n) is 3.77. The van der Waals surface area contributed by atoms with Crippen molar-refractivity contribution in [2.45, 2.75) is 44.8 Å². The summed E-state index contributed by atoms with van der Waals surface area (Å²) < 4.78 is 21.3. The molecule has 0 aromatic heterocycles. The number of hydrogen-bond acceptors (Lipinski definition) is 5. The molecule has 0 bridgehead atoms. The molecule has 0 aromatic rings. The van der Waals surface area contributed by atoms with E-state index in [-0.39, 0.29) is 18.1 Å². The zero-order valence-corrected chi connectivity index (χ0v) is 13.6. The zero-order valence-electron chi connectivity index (χ0n) is 13.6. The van der Waals surface area contributed by atoms with Gasteiger partial charge in [-0.3, -0.25) is 4.79 Å². The molecule has 0 saturated carbocycles. The Kier molecular flexibility index (Phi) is 8.15. The van der Waals surface area contributed by atoms with Crippen molar-refractivity contribution < 1.29 is 23.7 Å². The van der Waals surface area contributed by atoms with Crippen LogP contribution in [0.4, 0.5) is 0 Å². The van der Waals surface area contributed by atoms with Gasteiger partial charge in [0.25, 0.3) is 0 Å². The fourth-order valence-corrected chi connectivity index (χ4v) is 2.15. The van der Waals surface area contributed by atoms with Gasteiger partial charge in [-0.2, -0.15) is 0 Å². The molecule has 2 fully saturated rings. The molecular weight excluding hydrogens is 286 g/mol. The molecule has 22 heavy (non-hydrogen) atoms. The van der Waals surface area contributed by atoms with E-state index >= 15 is 0 Å². The van der Waals surface area contributed by atoms with Crippen molar-refractivity contribution in [3.05, 3.63) is 0 Å². The summed E-state index contributed by atoms with van der Waals surface area (Å²) in [5.41, 5.74) is 0. The van der Waals surface area contributed by atoms with Crippen LogP contribution in [-0.4, -0.2) is 75.7 Å². The van der Waals surface area contributed by atoms with E-state index in [1.54, 1.807) is 0 Å². The number of epoxide rings is 2. The maximum absolute atomic E-state index is 12.3. The van der Waals surface area contributed by atoms with Crippen molar-refractivity contribution in [3.8, 4) is 0 Å². The molecule has 2 rings (SSSR count). The minimum Gasteiger partial charge on any atom is -0.377 e. The van der Waals surface area contributed by atoms with Crippen molar-refractivity contribution >= 4 is 5.91 Å². The topological polar surface area (TPSA) is 63.8 Å². The van der Waals surface area contributed by atoms with Crippen LogP contribution >= 0.6 is 0 Å². The van der Waals surface area contributed by atoms with Crippen molar-refractivity contribution in [2.24, 2.45) is 0 Å². The Labute approximate surface area is 133 Å². The third-order valence-corrected chi connectivity index (χ3v) is 3.77. The van der Waals surface area contributed by atoms with E-state index in [1.165, 1.54) is 0 Å². The average molecular weight is 315 g/mol. The molecule has 0 N–H and O–H groups in total. The fraction of sp³-hybridized carbons (Fsp3) is 0.938. The number of rotatable bonds is 14. The molecule has 0 spiro atoms. The standard InChI is InChI=1S/C16H29NO5/c1-2-3-4-5-16(18)17(6-8-19-10-14-12-21-14)7-9-20-11-15-13-22-15/h14-15H,2-13H2,1H3. The molecule has 2 unspecified atom stereocenters. The van der Waals surface area contributed by atoms with Gasteiger partial charge in [0.2, 0.25) is 5.91 Å². The second kappa shape index (κ2) is 10.2. The van der Waals surface area contributed by atoms with Crippen molar-refractivity contribution in [1.29, 1.82) is 0 Å². The first kappa shape index (κ1) is 17.7. The first-order valence-corrected chi connectivity index (χ1v) is 8.46. The minimum absolute atomic E-state index is 0.200. The molecule has 2 atom stereocenters. The number of carbonyl (C=O) groups is 1. The van der Waals surface area contributed by atoms with E-state index in [9.17, 15) is 4.79 Å². The maximum atomic E-state index is 12.3. The Morgan fingerprint density at radius 3 is 2.05 bits per heavy atom. The van der Waals surface area contributed by atoms with Crippen LogP contribution in [0.15, 0.2) is 0 Å². The van der Waals surface area contributed by atoms with Gasteiger partial charge in [-0.05, 0) is 6.42 Å². The Bertz CT molecular complexity index is 298. The zero-order chi connectivity index (χ0) is 15.6. The quantitative estimate of drug-likeness (QED) is 0.356. The summed E-state index contributed by atoms with van der Waals surface area (Å²) in [7, 11) is 0. The maximum Gasteiger partial charge on any atom is 0.222 e. The lowest BCUT2D eigenvalue weighted by Gasteiger charge is -2.22. The number of unbranched alkanes of at least 4 members (excludes halogenated alkanes) is 2. The highest BCUT2D eigenvalue weighted by atomic mass is 16.6. The van der Waals surface area contributed by atoms with Gasteiger partial charge in [-0.1, -0.05) is 19.8 Å². The predicted molar refractivity (Wildman–Crippen MR) is 81.8 cm³/mol. The van der Waals surface area contributed by atoms with Gasteiger partial charge in [-0.25, -0.2) is 0 Å². The van der Waals surface area contributed by atoms with Gasteiger partial charge < -0.3 is 23.8 Å². The van der Waals surface area contributed by atoms with E-state index in [4.69, 9.17) is 18.9 Å². The molecule has 128 valence electrons. The van der Waals surface area contributed by atoms with Gasteiger partial charge >= 0.3 is 0 Å². The highest BCUT2D eigenvalue weighted by molar-refractivity contribution is 5.76. The van der Waals surface area contributed by atoms with Gasteiger partial charge in [0.05, 0.1) is 39.6 Å². The van der Waals surface area contributed by atoms with Crippen LogP contribution in [-0.2, 0) is 23.7 Å². The molecule has 0 radical (unpaired) electrons. The van der Waals surface area contributed by atoms with Gasteiger partial charge in [0.15, 0.2) is 0 Å². The molecule has 6 heteroatoms. The fourth-order valence-electron chi connectivity index (χ4n) is 2.15. The molecule has 6 nitrogen and oxygen atoms in total. The van der Waals surface area contributed by atoms with Crippen molar-refractivity contribution in [3.63, 3.8) is 0 Å². The van der Waals surface area contributed by atoms with Crippen LogP contribution in [0, 0.1) is 0 Å². The van der Waals surface area contributed by atoms with E-state index in [1.807, 2.05) is 4.90 Å². The SMILES string of the molecule is CCCCCC(=O)N(CCOCC1CO1)CCOCC1CO1. The Balaban J connectivity index is 1.59. The first-order chi connectivity index (χ1) is 10.8. The number of amides is 1. The summed E-state index contributed by atoms with van der Waals surface area (Å²) in [6, 6.07) is 0. The first-order valence-electron chi connectivity index (χ1n) is 8.46. The largest absolute Gasteiger partial charge is 0.377 e. The Morgan fingerprint density at radius 2 is 1.59 bits per heavy atom. The Hall–Kier alpha value is -0.690. The molecule has 2 aliphatic rings. The number of hydrogen-bond donors (Lipinski definition) is 0. The van der Waals surface area contributed by atoms with Gasteiger partial charge in [-0.15, -0.1) is 0 Å². The molecule has 2 aliphatic heterocycles. The van der Waals surface area contributed by atoms with Gasteiger partial charge in [0, 0.05) is 19.5 Å². The van der Waals surface area contributed by atoms with E-state index < -0.39 is 0 Å². The second-order valence-corrected chi connectivity index (χ2v) is 5.90. The molecule has 0 aliphatic carbocycles. The van der Waals surface area contributed by atoms with Crippen LogP contribution in [0.3, 0.4) is 0 Å². The summed E-state index contributed by atoms with van der Waals surface area (Å²) in [6.07, 6.45) is 4.35. The van der Waals surface area contributed by atoms with Crippen molar-refractivity contribution in [2.75, 3.05) is 52.7 Å². The van der Waals surface area contributed by atoms with Crippen LogP contribution in [0.1, 0.15) is 32.6 Å². The van der Waals surface area contributed by atoms with Crippen LogP contribution in [0.5, 0.6) is 0 Å². The third kappa shape index (κ3) is 8.08. The lowest BCUT2D eigenvalue weighted by molar-refractivity contribution is -0.133. The van der Waals surface area contributed by atoms with Gasteiger partial charge in [0.1, 0.15) is 12.2 Å². The molecule has 1 amide bonds. The number of carbonyl (C=O) groups excluding carboxylic acids is 1. The summed E-state index contributed by atoms with van der Waals surface area (Å²) >= 11 is 0. The monoisotopic (exact) mass is 315 g/mol. The normalized spacial score (nSPS) is 22.6. The average Bonchev–Trinajstić information content (AvgIpc) is 3.40. The van der Waals surface area contributed by atoms with E-state index in [0.29, 0.717) is 45.9 Å². The van der Waals surface area contributed by atoms with E-state index in [0.717, 1.165) is 32.5 Å². The molecule has 2 heterocycles. The summed E-state index contributed by atoms with van der Waals surface area (Å²) in [5.74, 6) is 0.200. The highest BCUT2D eigenvalue weighted by Crippen LogP contribution is 2.10. The predicted octanol–water partition coefficient (Wildman–Crippen LogP) is 1.23. The van der Waals surface area contributed by atoms with Crippen LogP contribution < -0.4 is 0 Å². The molecule has 2 saturated heterocycles. The summed E-state index contributed by atoms with van der Waals surface area (Å²) in [4.78, 5) is 14.1. The second-order valence-electron chi connectivity index (χ2n) is 5.90. The smallest absolute Gasteiger partial charge is 0.222 e. The Morgan fingerprint density at radius 1 is 1.05 bits per heavy atom. The van der Waals surface area contributed by atoms with Crippen molar-refractivity contribution in [1.82, 2.24) is 4.90 Å². The van der Waals surface area contributed by atoms with E-state index in [2.05, 4.69) is 6.92 Å².